The number of rotatable bonds is 7. The van der Waals surface area contributed by atoms with Crippen LogP contribution < -0.4 is 5.32 Å². The van der Waals surface area contributed by atoms with Crippen molar-refractivity contribution in [3.63, 3.8) is 0 Å². The lowest BCUT2D eigenvalue weighted by Gasteiger charge is -2.17. The zero-order valence-electron chi connectivity index (χ0n) is 13.6. The second kappa shape index (κ2) is 8.53. The molecule has 1 amide bonds. The molecule has 1 aromatic carbocycles. The number of halogens is 1. The smallest absolute Gasteiger partial charge is 0.253 e. The maximum absolute atomic E-state index is 12.4. The van der Waals surface area contributed by atoms with Crippen molar-refractivity contribution in [2.45, 2.75) is 26.3 Å². The molecule has 0 radical (unpaired) electrons. The van der Waals surface area contributed by atoms with Crippen LogP contribution in [0, 0.1) is 0 Å². The lowest BCUT2D eigenvalue weighted by atomic mass is 10.2. The van der Waals surface area contributed by atoms with Crippen LogP contribution in [0.15, 0.2) is 42.6 Å². The molecule has 2 rings (SSSR count). The predicted molar refractivity (Wildman–Crippen MR) is 94.9 cm³/mol. The standard InChI is InChI=1S/C18H22ClN3O/c1-3-4-11-22(2)18(23)15-9-10-20-17(12-15)21-13-14-5-7-16(19)8-6-14/h5-10,12H,3-4,11,13H2,1-2H3,(H,20,21). The monoisotopic (exact) mass is 331 g/mol. The third kappa shape index (κ3) is 5.25. The topological polar surface area (TPSA) is 45.2 Å². The minimum Gasteiger partial charge on any atom is -0.366 e. The summed E-state index contributed by atoms with van der Waals surface area (Å²) < 4.78 is 0. The van der Waals surface area contributed by atoms with Gasteiger partial charge in [0.1, 0.15) is 5.82 Å². The third-order valence-electron chi connectivity index (χ3n) is 3.59. The summed E-state index contributed by atoms with van der Waals surface area (Å²) in [4.78, 5) is 18.4. The predicted octanol–water partition coefficient (Wildman–Crippen LogP) is 4.22. The van der Waals surface area contributed by atoms with Gasteiger partial charge in [-0.3, -0.25) is 4.79 Å². The van der Waals surface area contributed by atoms with Crippen molar-refractivity contribution in [2.24, 2.45) is 0 Å². The first-order valence-corrected chi connectivity index (χ1v) is 8.17. The van der Waals surface area contributed by atoms with Crippen LogP contribution in [0.5, 0.6) is 0 Å². The Morgan fingerprint density at radius 2 is 2.00 bits per heavy atom. The highest BCUT2D eigenvalue weighted by Gasteiger charge is 2.11. The van der Waals surface area contributed by atoms with Gasteiger partial charge in [0.05, 0.1) is 0 Å². The van der Waals surface area contributed by atoms with Gasteiger partial charge in [0, 0.05) is 36.9 Å². The van der Waals surface area contributed by atoms with Crippen LogP contribution in [0.25, 0.3) is 0 Å². The number of unbranched alkanes of at least 4 members (excludes halogenated alkanes) is 1. The number of amides is 1. The molecule has 1 N–H and O–H groups in total. The van der Waals surface area contributed by atoms with Crippen LogP contribution in [0.2, 0.25) is 5.02 Å². The highest BCUT2D eigenvalue weighted by molar-refractivity contribution is 6.30. The van der Waals surface area contributed by atoms with Gasteiger partial charge in [0.2, 0.25) is 0 Å². The van der Waals surface area contributed by atoms with E-state index in [0.717, 1.165) is 30.0 Å². The fourth-order valence-electron chi connectivity index (χ4n) is 2.17. The number of anilines is 1. The first-order chi connectivity index (χ1) is 11.1. The maximum Gasteiger partial charge on any atom is 0.253 e. The molecule has 5 heteroatoms. The SMILES string of the molecule is CCCCN(C)C(=O)c1ccnc(NCc2ccc(Cl)cc2)c1. The van der Waals surface area contributed by atoms with Crippen LogP contribution in [0.4, 0.5) is 5.82 Å². The van der Waals surface area contributed by atoms with Crippen LogP contribution in [-0.4, -0.2) is 29.4 Å². The average molecular weight is 332 g/mol. The third-order valence-corrected chi connectivity index (χ3v) is 3.84. The number of nitrogens with one attached hydrogen (secondary N) is 1. The van der Waals surface area contributed by atoms with E-state index in [-0.39, 0.29) is 5.91 Å². The Labute approximate surface area is 142 Å². The van der Waals surface area contributed by atoms with Crippen molar-refractivity contribution < 1.29 is 4.79 Å². The van der Waals surface area contributed by atoms with E-state index in [1.54, 1.807) is 23.2 Å². The second-order valence-electron chi connectivity index (χ2n) is 5.49. The van der Waals surface area contributed by atoms with E-state index in [1.165, 1.54) is 0 Å². The summed E-state index contributed by atoms with van der Waals surface area (Å²) in [5, 5.41) is 3.95. The first-order valence-electron chi connectivity index (χ1n) is 7.80. The lowest BCUT2D eigenvalue weighted by molar-refractivity contribution is 0.0793. The molecular formula is C18H22ClN3O. The van der Waals surface area contributed by atoms with E-state index in [4.69, 9.17) is 11.6 Å². The molecule has 23 heavy (non-hydrogen) atoms. The fraction of sp³-hybridized carbons (Fsp3) is 0.333. The number of pyridine rings is 1. The summed E-state index contributed by atoms with van der Waals surface area (Å²) in [7, 11) is 1.83. The van der Waals surface area contributed by atoms with Crippen LogP contribution in [-0.2, 0) is 6.54 Å². The Morgan fingerprint density at radius 3 is 2.70 bits per heavy atom. The Bertz CT molecular complexity index is 643. The van der Waals surface area contributed by atoms with Crippen molar-refractivity contribution in [3.05, 3.63) is 58.7 Å². The minimum absolute atomic E-state index is 0.0235. The zero-order valence-corrected chi connectivity index (χ0v) is 14.3. The van der Waals surface area contributed by atoms with Crippen LogP contribution in [0.1, 0.15) is 35.7 Å². The minimum atomic E-state index is 0.0235. The average Bonchev–Trinajstić information content (AvgIpc) is 2.58. The Kier molecular flexibility index (Phi) is 6.41. The van der Waals surface area contributed by atoms with Gasteiger partial charge in [0.15, 0.2) is 0 Å². The van der Waals surface area contributed by atoms with E-state index in [2.05, 4.69) is 17.2 Å². The van der Waals surface area contributed by atoms with Crippen molar-refractivity contribution in [3.8, 4) is 0 Å². The highest BCUT2D eigenvalue weighted by Crippen LogP contribution is 2.13. The number of hydrogen-bond donors (Lipinski definition) is 1. The lowest BCUT2D eigenvalue weighted by Crippen LogP contribution is -2.27. The first kappa shape index (κ1) is 17.3. The van der Waals surface area contributed by atoms with E-state index in [9.17, 15) is 4.79 Å². The number of benzene rings is 1. The normalized spacial score (nSPS) is 10.4. The molecule has 2 aromatic rings. The number of hydrogen-bond acceptors (Lipinski definition) is 3. The highest BCUT2D eigenvalue weighted by atomic mass is 35.5. The van der Waals surface area contributed by atoms with Gasteiger partial charge >= 0.3 is 0 Å². The van der Waals surface area contributed by atoms with Gasteiger partial charge in [-0.2, -0.15) is 0 Å². The van der Waals surface area contributed by atoms with Crippen LogP contribution in [0.3, 0.4) is 0 Å². The Hall–Kier alpha value is -2.07. The molecule has 1 heterocycles. The van der Waals surface area contributed by atoms with Gasteiger partial charge in [-0.1, -0.05) is 37.1 Å². The summed E-state index contributed by atoms with van der Waals surface area (Å²) in [6.45, 7) is 3.52. The quantitative estimate of drug-likeness (QED) is 0.826. The van der Waals surface area contributed by atoms with Crippen molar-refractivity contribution in [1.82, 2.24) is 9.88 Å². The molecule has 0 spiro atoms. The molecule has 0 aliphatic heterocycles. The van der Waals surface area contributed by atoms with E-state index in [1.807, 2.05) is 31.3 Å². The Balaban J connectivity index is 1.98. The molecule has 122 valence electrons. The van der Waals surface area contributed by atoms with Crippen LogP contribution >= 0.6 is 11.6 Å². The molecule has 0 bridgehead atoms. The molecule has 1 aromatic heterocycles. The summed E-state index contributed by atoms with van der Waals surface area (Å²) in [5.74, 6) is 0.713. The molecule has 0 aliphatic rings. The maximum atomic E-state index is 12.4. The Morgan fingerprint density at radius 1 is 1.26 bits per heavy atom. The van der Waals surface area contributed by atoms with Crippen molar-refractivity contribution in [2.75, 3.05) is 18.9 Å². The van der Waals surface area contributed by atoms with E-state index >= 15 is 0 Å². The molecule has 0 atom stereocenters. The number of aromatic nitrogens is 1. The van der Waals surface area contributed by atoms with Crippen molar-refractivity contribution >= 4 is 23.3 Å². The second-order valence-corrected chi connectivity index (χ2v) is 5.93. The van der Waals surface area contributed by atoms with Gasteiger partial charge in [-0.15, -0.1) is 0 Å². The van der Waals surface area contributed by atoms with Gasteiger partial charge in [-0.05, 0) is 36.2 Å². The molecule has 0 aliphatic carbocycles. The van der Waals surface area contributed by atoms with Gasteiger partial charge < -0.3 is 10.2 Å². The summed E-state index contributed by atoms with van der Waals surface area (Å²) in [6, 6.07) is 11.2. The van der Waals surface area contributed by atoms with E-state index in [0.29, 0.717) is 17.9 Å². The summed E-state index contributed by atoms with van der Waals surface area (Å²) in [5.41, 5.74) is 1.75. The molecule has 0 saturated heterocycles. The fourth-order valence-corrected chi connectivity index (χ4v) is 2.30. The zero-order chi connectivity index (χ0) is 16.7. The van der Waals surface area contributed by atoms with Gasteiger partial charge in [-0.25, -0.2) is 4.98 Å². The van der Waals surface area contributed by atoms with Crippen molar-refractivity contribution in [1.29, 1.82) is 0 Å². The summed E-state index contributed by atoms with van der Waals surface area (Å²) >= 11 is 5.88. The largest absolute Gasteiger partial charge is 0.366 e. The summed E-state index contributed by atoms with van der Waals surface area (Å²) in [6.07, 6.45) is 3.74. The molecule has 4 nitrogen and oxygen atoms in total. The number of nitrogens with zero attached hydrogens (tertiary/aromatic N) is 2. The number of carbonyl (C=O) groups excluding carboxylic acids is 1. The molecule has 0 unspecified atom stereocenters. The molecular weight excluding hydrogens is 310 g/mol. The molecule has 0 saturated carbocycles. The molecule has 0 fully saturated rings. The van der Waals surface area contributed by atoms with E-state index < -0.39 is 0 Å². The van der Waals surface area contributed by atoms with Gasteiger partial charge in [0.25, 0.3) is 5.91 Å². The number of carbonyl (C=O) groups is 1.